The summed E-state index contributed by atoms with van der Waals surface area (Å²) < 4.78 is 27.6. The summed E-state index contributed by atoms with van der Waals surface area (Å²) in [7, 11) is -3.89. The van der Waals surface area contributed by atoms with E-state index in [4.69, 9.17) is 0 Å². The fourth-order valence-electron chi connectivity index (χ4n) is 3.70. The van der Waals surface area contributed by atoms with E-state index < -0.39 is 22.0 Å². The van der Waals surface area contributed by atoms with Crippen molar-refractivity contribution in [1.29, 1.82) is 0 Å². The lowest BCUT2D eigenvalue weighted by molar-refractivity contribution is -0.119. The number of aryl methyl sites for hydroxylation is 1. The van der Waals surface area contributed by atoms with Gasteiger partial charge in [-0.25, -0.2) is 8.42 Å². The van der Waals surface area contributed by atoms with Gasteiger partial charge in [0.1, 0.15) is 11.0 Å². The van der Waals surface area contributed by atoms with E-state index in [9.17, 15) is 18.0 Å². The maximum Gasteiger partial charge on any atom is 0.244 e. The summed E-state index contributed by atoms with van der Waals surface area (Å²) in [5.41, 5.74) is 2.49. The van der Waals surface area contributed by atoms with Crippen LogP contribution in [-0.2, 0) is 19.6 Å². The van der Waals surface area contributed by atoms with E-state index in [2.05, 4.69) is 20.8 Å². The maximum atomic E-state index is 13.2. The average molecular weight is 486 g/mol. The molecule has 0 spiro atoms. The molecule has 0 bridgehead atoms. The minimum absolute atomic E-state index is 0.0638. The molecule has 33 heavy (non-hydrogen) atoms. The molecule has 1 fully saturated rings. The van der Waals surface area contributed by atoms with Crippen LogP contribution in [0.15, 0.2) is 53.4 Å². The molecule has 1 aliphatic heterocycles. The lowest BCUT2D eigenvalue weighted by Gasteiger charge is -2.23. The summed E-state index contributed by atoms with van der Waals surface area (Å²) in [6.07, 6.45) is 0.991. The number of sulfonamides is 1. The van der Waals surface area contributed by atoms with E-state index >= 15 is 0 Å². The fourth-order valence-corrected chi connectivity index (χ4v) is 6.10. The van der Waals surface area contributed by atoms with Crippen molar-refractivity contribution in [3.05, 3.63) is 54.1 Å². The van der Waals surface area contributed by atoms with Crippen LogP contribution in [0.4, 0.5) is 10.8 Å². The molecular formula is C22H23N5O4S2. The van der Waals surface area contributed by atoms with Gasteiger partial charge in [0.2, 0.25) is 27.0 Å². The Morgan fingerprint density at radius 1 is 1.09 bits per heavy atom. The molecule has 11 heteroatoms. The van der Waals surface area contributed by atoms with E-state index in [0.717, 1.165) is 11.1 Å². The monoisotopic (exact) mass is 485 g/mol. The highest BCUT2D eigenvalue weighted by Crippen LogP contribution is 2.30. The summed E-state index contributed by atoms with van der Waals surface area (Å²) in [5, 5.41) is 14.5. The lowest BCUT2D eigenvalue weighted by Crippen LogP contribution is -2.43. The van der Waals surface area contributed by atoms with Crippen molar-refractivity contribution < 1.29 is 18.0 Å². The Balaban J connectivity index is 1.49. The Morgan fingerprint density at radius 2 is 1.85 bits per heavy atom. The number of anilines is 2. The van der Waals surface area contributed by atoms with Gasteiger partial charge in [0, 0.05) is 24.7 Å². The van der Waals surface area contributed by atoms with Gasteiger partial charge in [0.25, 0.3) is 0 Å². The van der Waals surface area contributed by atoms with Gasteiger partial charge in [-0.15, -0.1) is 10.2 Å². The highest BCUT2D eigenvalue weighted by Gasteiger charge is 2.39. The predicted octanol–water partition coefficient (Wildman–Crippen LogP) is 3.26. The number of nitrogens with one attached hydrogen (secondary N) is 2. The van der Waals surface area contributed by atoms with E-state index in [1.807, 2.05) is 31.2 Å². The highest BCUT2D eigenvalue weighted by molar-refractivity contribution is 7.89. The maximum absolute atomic E-state index is 13.2. The number of nitrogens with zero attached hydrogens (tertiary/aromatic N) is 3. The summed E-state index contributed by atoms with van der Waals surface area (Å²) in [6.45, 7) is 3.61. The van der Waals surface area contributed by atoms with Crippen molar-refractivity contribution in [1.82, 2.24) is 14.5 Å². The summed E-state index contributed by atoms with van der Waals surface area (Å²) in [4.78, 5) is 24.2. The first-order valence-electron chi connectivity index (χ1n) is 10.3. The minimum Gasteiger partial charge on any atom is -0.326 e. The lowest BCUT2D eigenvalue weighted by atomic mass is 10.1. The molecule has 2 heterocycles. The molecule has 3 aromatic rings. The Labute approximate surface area is 195 Å². The number of carbonyl (C=O) groups excluding carboxylic acids is 2. The number of aromatic nitrogens is 2. The summed E-state index contributed by atoms with van der Waals surface area (Å²) in [5.74, 6) is -0.679. The van der Waals surface area contributed by atoms with Gasteiger partial charge in [-0.2, -0.15) is 4.31 Å². The molecule has 2 amide bonds. The zero-order valence-corrected chi connectivity index (χ0v) is 19.7. The first-order chi connectivity index (χ1) is 15.7. The molecule has 1 aromatic heterocycles. The average Bonchev–Trinajstić information content (AvgIpc) is 3.44. The smallest absolute Gasteiger partial charge is 0.244 e. The fraction of sp³-hybridized carbons (Fsp3) is 0.273. The summed E-state index contributed by atoms with van der Waals surface area (Å²) >= 11 is 1.24. The van der Waals surface area contributed by atoms with Gasteiger partial charge in [0.15, 0.2) is 0 Å². The van der Waals surface area contributed by atoms with Crippen molar-refractivity contribution in [2.24, 2.45) is 0 Å². The number of benzene rings is 2. The van der Waals surface area contributed by atoms with Crippen LogP contribution < -0.4 is 10.6 Å². The summed E-state index contributed by atoms with van der Waals surface area (Å²) in [6, 6.07) is 12.9. The topological polar surface area (TPSA) is 121 Å². The third-order valence-electron chi connectivity index (χ3n) is 5.21. The second kappa shape index (κ2) is 9.38. The molecule has 2 N–H and O–H groups in total. The third-order valence-corrected chi connectivity index (χ3v) is 8.02. The molecule has 9 nitrogen and oxygen atoms in total. The Hall–Kier alpha value is -3.15. The number of carbonyl (C=O) groups is 2. The van der Waals surface area contributed by atoms with Crippen molar-refractivity contribution in [2.75, 3.05) is 17.2 Å². The Bertz CT molecular complexity index is 1290. The second-order valence-corrected chi connectivity index (χ2v) is 10.6. The first kappa shape index (κ1) is 23.0. The van der Waals surface area contributed by atoms with Gasteiger partial charge in [-0.1, -0.05) is 35.1 Å². The van der Waals surface area contributed by atoms with Crippen LogP contribution in [0.2, 0.25) is 0 Å². The van der Waals surface area contributed by atoms with Gasteiger partial charge < -0.3 is 5.32 Å². The number of hydrogen-bond donors (Lipinski definition) is 2. The molecule has 1 unspecified atom stereocenters. The van der Waals surface area contributed by atoms with Gasteiger partial charge in [0.05, 0.1) is 4.90 Å². The van der Waals surface area contributed by atoms with Crippen LogP contribution in [-0.4, -0.2) is 47.3 Å². The molecule has 1 atom stereocenters. The highest BCUT2D eigenvalue weighted by atomic mass is 32.2. The van der Waals surface area contributed by atoms with E-state index in [0.29, 0.717) is 28.7 Å². The second-order valence-electron chi connectivity index (χ2n) is 7.75. The zero-order valence-electron chi connectivity index (χ0n) is 18.1. The Morgan fingerprint density at radius 3 is 2.55 bits per heavy atom. The molecule has 1 saturated heterocycles. The van der Waals surface area contributed by atoms with Gasteiger partial charge >= 0.3 is 0 Å². The number of hydrogen-bond acceptors (Lipinski definition) is 7. The molecule has 2 aromatic carbocycles. The standard InChI is InChI=1S/C22H23N5O4S2/c1-14-5-3-6-16(13-14)21-25-26-22(32-21)24-20(29)19-7-4-12-27(19)33(30,31)18-10-8-17(9-11-18)23-15(2)28/h3,5-6,8-11,13,19H,4,7,12H2,1-2H3,(H,23,28)(H,24,26,29). The SMILES string of the molecule is CC(=O)Nc1ccc(S(=O)(=O)N2CCCC2C(=O)Nc2nnc(-c3cccc(C)c3)s2)cc1. The Kier molecular flexibility index (Phi) is 6.54. The van der Waals surface area contributed by atoms with Crippen molar-refractivity contribution in [3.8, 4) is 10.6 Å². The first-order valence-corrected chi connectivity index (χ1v) is 12.6. The quantitative estimate of drug-likeness (QED) is 0.553. The predicted molar refractivity (Wildman–Crippen MR) is 126 cm³/mol. The van der Waals surface area contributed by atoms with Gasteiger partial charge in [-0.3, -0.25) is 14.9 Å². The van der Waals surface area contributed by atoms with Crippen molar-refractivity contribution >= 4 is 44.0 Å². The number of rotatable bonds is 6. The van der Waals surface area contributed by atoms with Crippen LogP contribution in [0.1, 0.15) is 25.3 Å². The third kappa shape index (κ3) is 5.10. The molecule has 0 radical (unpaired) electrons. The number of amides is 2. The molecule has 0 saturated carbocycles. The van der Waals surface area contributed by atoms with Crippen LogP contribution in [0.5, 0.6) is 0 Å². The van der Waals surface area contributed by atoms with E-state index in [1.165, 1.54) is 46.8 Å². The molecule has 0 aliphatic carbocycles. The zero-order chi connectivity index (χ0) is 23.6. The van der Waals surface area contributed by atoms with E-state index in [-0.39, 0.29) is 17.3 Å². The molecule has 1 aliphatic rings. The van der Waals surface area contributed by atoms with Crippen LogP contribution in [0.25, 0.3) is 10.6 Å². The van der Waals surface area contributed by atoms with E-state index in [1.54, 1.807) is 0 Å². The molecular weight excluding hydrogens is 462 g/mol. The van der Waals surface area contributed by atoms with Gasteiger partial charge in [-0.05, 0) is 50.1 Å². The van der Waals surface area contributed by atoms with Crippen molar-refractivity contribution in [2.45, 2.75) is 37.6 Å². The van der Waals surface area contributed by atoms with Crippen LogP contribution in [0, 0.1) is 6.92 Å². The minimum atomic E-state index is -3.89. The normalized spacial score (nSPS) is 16.5. The largest absolute Gasteiger partial charge is 0.326 e. The van der Waals surface area contributed by atoms with Crippen LogP contribution in [0.3, 0.4) is 0 Å². The van der Waals surface area contributed by atoms with Crippen LogP contribution >= 0.6 is 11.3 Å². The molecule has 4 rings (SSSR count). The molecule has 172 valence electrons. The van der Waals surface area contributed by atoms with Crippen molar-refractivity contribution in [3.63, 3.8) is 0 Å².